The van der Waals surface area contributed by atoms with Gasteiger partial charge in [-0.05, 0) is 50.1 Å². The van der Waals surface area contributed by atoms with Crippen LogP contribution in [0.25, 0.3) is 0 Å². The van der Waals surface area contributed by atoms with Gasteiger partial charge >= 0.3 is 0 Å². The number of piperazine rings is 1. The van der Waals surface area contributed by atoms with Crippen LogP contribution in [0.1, 0.15) is 18.1 Å². The zero-order valence-electron chi connectivity index (χ0n) is 17.8. The Morgan fingerprint density at radius 3 is 2.16 bits per heavy atom. The summed E-state index contributed by atoms with van der Waals surface area (Å²) in [5.74, 6) is -0.386. The second kappa shape index (κ2) is 9.07. The number of nitrogens with zero attached hydrogens (tertiary/aromatic N) is 2. The summed E-state index contributed by atoms with van der Waals surface area (Å²) in [6, 6.07) is 12.2. The van der Waals surface area contributed by atoms with Crippen LogP contribution in [0.4, 0.5) is 0 Å². The van der Waals surface area contributed by atoms with Gasteiger partial charge in [0.15, 0.2) is 0 Å². The van der Waals surface area contributed by atoms with Gasteiger partial charge < -0.3 is 4.90 Å². The van der Waals surface area contributed by atoms with Crippen LogP contribution in [0.15, 0.2) is 58.3 Å². The van der Waals surface area contributed by atoms with E-state index < -0.39 is 26.1 Å². The average molecular weight is 466 g/mol. The van der Waals surface area contributed by atoms with Crippen LogP contribution >= 0.6 is 0 Å². The van der Waals surface area contributed by atoms with Gasteiger partial charge in [-0.1, -0.05) is 30.3 Å². The molecule has 168 valence electrons. The molecular weight excluding hydrogens is 438 g/mol. The highest BCUT2D eigenvalue weighted by molar-refractivity contribution is 7.89. The fourth-order valence-corrected chi connectivity index (χ4v) is 6.45. The molecule has 0 bridgehead atoms. The molecule has 31 heavy (non-hydrogen) atoms. The Hall–Kier alpha value is -2.27. The molecule has 1 aliphatic rings. The lowest BCUT2D eigenvalue weighted by atomic mass is 10.2. The monoisotopic (exact) mass is 465 g/mol. The zero-order valence-corrected chi connectivity index (χ0v) is 19.4. The van der Waals surface area contributed by atoms with E-state index in [0.29, 0.717) is 5.56 Å². The number of rotatable bonds is 6. The van der Waals surface area contributed by atoms with Gasteiger partial charge in [-0.2, -0.15) is 9.03 Å². The predicted molar refractivity (Wildman–Crippen MR) is 117 cm³/mol. The van der Waals surface area contributed by atoms with Crippen LogP contribution in [0.3, 0.4) is 0 Å². The molecule has 0 unspecified atom stereocenters. The van der Waals surface area contributed by atoms with Crippen molar-refractivity contribution in [3.8, 4) is 0 Å². The van der Waals surface area contributed by atoms with Crippen molar-refractivity contribution >= 4 is 26.0 Å². The van der Waals surface area contributed by atoms with Gasteiger partial charge in [-0.15, -0.1) is 0 Å². The van der Waals surface area contributed by atoms with E-state index in [9.17, 15) is 21.6 Å². The van der Waals surface area contributed by atoms with E-state index >= 15 is 0 Å². The lowest BCUT2D eigenvalue weighted by Gasteiger charge is -2.35. The molecule has 0 aliphatic carbocycles. The molecule has 8 nitrogen and oxygen atoms in total. The maximum Gasteiger partial charge on any atom is 0.243 e. The number of benzene rings is 2. The first-order chi connectivity index (χ1) is 14.5. The summed E-state index contributed by atoms with van der Waals surface area (Å²) in [4.78, 5) is 14.6. The van der Waals surface area contributed by atoms with E-state index in [4.69, 9.17) is 0 Å². The molecule has 1 N–H and O–H groups in total. The number of aryl methyl sites for hydroxylation is 2. The average Bonchev–Trinajstić information content (AvgIpc) is 2.75. The number of hydrogen-bond acceptors (Lipinski definition) is 5. The van der Waals surface area contributed by atoms with E-state index in [-0.39, 0.29) is 41.9 Å². The smallest absolute Gasteiger partial charge is 0.243 e. The summed E-state index contributed by atoms with van der Waals surface area (Å²) < 4.78 is 54.8. The molecule has 1 saturated heterocycles. The van der Waals surface area contributed by atoms with Gasteiger partial charge in [0.2, 0.25) is 26.0 Å². The normalized spacial score (nSPS) is 16.8. The number of carbonyl (C=O) groups excluding carboxylic acids is 1. The molecule has 2 aromatic carbocycles. The molecule has 1 aliphatic heterocycles. The summed E-state index contributed by atoms with van der Waals surface area (Å²) in [5, 5.41) is 0. The van der Waals surface area contributed by atoms with Crippen molar-refractivity contribution in [1.29, 1.82) is 0 Å². The third-order valence-electron chi connectivity index (χ3n) is 5.27. The summed E-state index contributed by atoms with van der Waals surface area (Å²) >= 11 is 0. The van der Waals surface area contributed by atoms with Gasteiger partial charge in [0, 0.05) is 26.2 Å². The molecule has 0 spiro atoms. The number of nitrogens with one attached hydrogen (secondary N) is 1. The number of sulfonamides is 2. The topological polar surface area (TPSA) is 104 Å². The maximum atomic E-state index is 13.0. The van der Waals surface area contributed by atoms with Gasteiger partial charge in [-0.25, -0.2) is 16.8 Å². The Morgan fingerprint density at radius 1 is 0.935 bits per heavy atom. The van der Waals surface area contributed by atoms with E-state index in [1.54, 1.807) is 37.3 Å². The van der Waals surface area contributed by atoms with Crippen molar-refractivity contribution in [2.75, 3.05) is 26.2 Å². The highest BCUT2D eigenvalue weighted by Gasteiger charge is 2.33. The summed E-state index contributed by atoms with van der Waals surface area (Å²) in [7, 11) is -7.49. The fourth-order valence-electron chi connectivity index (χ4n) is 3.50. The zero-order chi connectivity index (χ0) is 22.8. The molecular formula is C21H27N3O5S2. The Kier molecular flexibility index (Phi) is 6.85. The fraction of sp³-hybridized carbons (Fsp3) is 0.381. The van der Waals surface area contributed by atoms with Crippen molar-refractivity contribution in [3.63, 3.8) is 0 Å². The summed E-state index contributed by atoms with van der Waals surface area (Å²) in [5.41, 5.74) is 1.53. The van der Waals surface area contributed by atoms with Crippen LogP contribution in [0.5, 0.6) is 0 Å². The lowest BCUT2D eigenvalue weighted by Crippen LogP contribution is -2.55. The molecule has 0 saturated carbocycles. The highest BCUT2D eigenvalue weighted by Crippen LogP contribution is 2.22. The Bertz CT molecular complexity index is 1160. The second-order valence-electron chi connectivity index (χ2n) is 7.65. The maximum absolute atomic E-state index is 13.0. The van der Waals surface area contributed by atoms with E-state index in [0.717, 1.165) is 5.56 Å². The lowest BCUT2D eigenvalue weighted by molar-refractivity contribution is -0.133. The first-order valence-electron chi connectivity index (χ1n) is 9.96. The minimum absolute atomic E-state index is 0.0825. The minimum Gasteiger partial charge on any atom is -0.339 e. The van der Waals surface area contributed by atoms with Gasteiger partial charge in [0.1, 0.15) is 0 Å². The first kappa shape index (κ1) is 23.4. The van der Waals surface area contributed by atoms with Crippen molar-refractivity contribution < 1.29 is 21.6 Å². The molecule has 0 radical (unpaired) electrons. The Labute approximate surface area is 184 Å². The van der Waals surface area contributed by atoms with Crippen molar-refractivity contribution in [2.45, 2.75) is 36.6 Å². The van der Waals surface area contributed by atoms with E-state index in [2.05, 4.69) is 4.72 Å². The molecule has 1 amide bonds. The van der Waals surface area contributed by atoms with Crippen LogP contribution in [0, 0.1) is 13.8 Å². The molecule has 10 heteroatoms. The molecule has 1 atom stereocenters. The molecule has 1 heterocycles. The Balaban J connectivity index is 1.65. The number of amides is 1. The SMILES string of the molecule is Cc1ccc(C)c(S(=O)(=O)N2CCN(C(=O)[C@H](C)NS(=O)(=O)c3ccccc3)CC2)c1. The summed E-state index contributed by atoms with van der Waals surface area (Å²) in [6.45, 7) is 5.78. The summed E-state index contributed by atoms with van der Waals surface area (Å²) in [6.07, 6.45) is 0. The number of carbonyl (C=O) groups is 1. The van der Waals surface area contributed by atoms with E-state index in [1.165, 1.54) is 28.3 Å². The third-order valence-corrected chi connectivity index (χ3v) is 8.86. The van der Waals surface area contributed by atoms with Gasteiger partial charge in [0.05, 0.1) is 15.8 Å². The van der Waals surface area contributed by atoms with Crippen molar-refractivity contribution in [1.82, 2.24) is 13.9 Å². The van der Waals surface area contributed by atoms with Crippen molar-refractivity contribution in [2.24, 2.45) is 0 Å². The predicted octanol–water partition coefficient (Wildman–Crippen LogP) is 1.50. The van der Waals surface area contributed by atoms with Crippen LogP contribution in [-0.4, -0.2) is 64.2 Å². The molecule has 3 rings (SSSR count). The second-order valence-corrected chi connectivity index (χ2v) is 11.3. The highest BCUT2D eigenvalue weighted by atomic mass is 32.2. The van der Waals surface area contributed by atoms with Crippen LogP contribution in [0.2, 0.25) is 0 Å². The molecule has 1 fully saturated rings. The molecule has 2 aromatic rings. The van der Waals surface area contributed by atoms with Crippen LogP contribution in [-0.2, 0) is 24.8 Å². The van der Waals surface area contributed by atoms with E-state index in [1.807, 2.05) is 13.0 Å². The first-order valence-corrected chi connectivity index (χ1v) is 12.9. The largest absolute Gasteiger partial charge is 0.339 e. The number of hydrogen-bond donors (Lipinski definition) is 1. The van der Waals surface area contributed by atoms with Crippen LogP contribution < -0.4 is 4.72 Å². The van der Waals surface area contributed by atoms with Gasteiger partial charge in [0.25, 0.3) is 0 Å². The minimum atomic E-state index is -3.83. The van der Waals surface area contributed by atoms with Gasteiger partial charge in [-0.3, -0.25) is 4.79 Å². The third kappa shape index (κ3) is 5.15. The Morgan fingerprint density at radius 2 is 1.55 bits per heavy atom. The van der Waals surface area contributed by atoms with Crippen molar-refractivity contribution in [3.05, 3.63) is 59.7 Å². The quantitative estimate of drug-likeness (QED) is 0.696. The standard InChI is InChI=1S/C21H27N3O5S2/c1-16-9-10-17(2)20(15-16)31(28,29)24-13-11-23(12-14-24)21(25)18(3)22-30(26,27)19-7-5-4-6-8-19/h4-10,15,18,22H,11-14H2,1-3H3/t18-/m0/s1. The molecule has 0 aromatic heterocycles.